The Hall–Kier alpha value is -0.780. The fourth-order valence-electron chi connectivity index (χ4n) is 0.625. The van der Waals surface area contributed by atoms with Crippen molar-refractivity contribution in [3.63, 3.8) is 0 Å². The van der Waals surface area contributed by atoms with Crippen LogP contribution in [0, 0.1) is 6.58 Å². The Balaban J connectivity index is 3.19. The van der Waals surface area contributed by atoms with Gasteiger partial charge in [-0.2, -0.15) is 0 Å². The summed E-state index contributed by atoms with van der Waals surface area (Å²) in [5, 5.41) is 0. The average molecular weight is 135 g/mol. The van der Waals surface area contributed by atoms with Gasteiger partial charge in [0.15, 0.2) is 0 Å². The van der Waals surface area contributed by atoms with Crippen LogP contribution in [-0.2, 0) is 0 Å². The lowest BCUT2D eigenvalue weighted by Gasteiger charge is -1.84. The molecule has 0 heterocycles. The number of rotatable bonds is 5. The number of allylic oxidation sites excluding steroid dienone is 5. The maximum atomic E-state index is 5.12. The molecule has 0 aromatic carbocycles. The molecule has 0 saturated carbocycles. The first-order chi connectivity index (χ1) is 4.91. The smallest absolute Gasteiger partial charge is 0.0348 e. The molecular formula is C10H15. The van der Waals surface area contributed by atoms with Gasteiger partial charge in [-0.05, 0) is 6.42 Å². The molecule has 0 unspecified atom stereocenters. The molecule has 55 valence electrons. The minimum absolute atomic E-state index is 1.17. The molecule has 10 heavy (non-hydrogen) atoms. The monoisotopic (exact) mass is 135 g/mol. The molecule has 0 saturated heterocycles. The van der Waals surface area contributed by atoms with E-state index in [2.05, 4.69) is 13.0 Å². The standard InChI is InChI=1S/C10H15/c1-3-5-7-9-10-8-6-4-2/h1,3,5,7,9-10H,4,6,8H2,2H3. The molecule has 0 aliphatic carbocycles. The summed E-state index contributed by atoms with van der Waals surface area (Å²) in [6.45, 7) is 7.32. The molecule has 0 nitrogen and oxygen atoms in total. The highest BCUT2D eigenvalue weighted by Crippen LogP contribution is 1.94. The lowest BCUT2D eigenvalue weighted by atomic mass is 10.2. The topological polar surface area (TPSA) is 0 Å². The zero-order chi connectivity index (χ0) is 7.66. The number of hydrogen-bond acceptors (Lipinski definition) is 0. The maximum Gasteiger partial charge on any atom is -0.0348 e. The molecule has 0 bridgehead atoms. The first-order valence-electron chi connectivity index (χ1n) is 3.78. The van der Waals surface area contributed by atoms with Crippen LogP contribution in [0.5, 0.6) is 0 Å². The summed E-state index contributed by atoms with van der Waals surface area (Å²) >= 11 is 0. The average Bonchev–Trinajstić information content (AvgIpc) is 1.97. The second kappa shape index (κ2) is 8.22. The summed E-state index contributed by atoms with van der Waals surface area (Å²) in [4.78, 5) is 0. The molecule has 0 aliphatic rings. The minimum atomic E-state index is 1.17. The Morgan fingerprint density at radius 3 is 2.60 bits per heavy atom. The van der Waals surface area contributed by atoms with E-state index in [4.69, 9.17) is 6.58 Å². The van der Waals surface area contributed by atoms with Gasteiger partial charge in [0, 0.05) is 0 Å². The lowest BCUT2D eigenvalue weighted by molar-refractivity contribution is 0.815. The molecular weight excluding hydrogens is 120 g/mol. The van der Waals surface area contributed by atoms with Gasteiger partial charge >= 0.3 is 0 Å². The molecule has 0 atom stereocenters. The Bertz CT molecular complexity index is 118. The molecule has 0 aliphatic heterocycles. The summed E-state index contributed by atoms with van der Waals surface area (Å²) in [5.74, 6) is 0. The van der Waals surface area contributed by atoms with E-state index in [1.807, 2.05) is 18.2 Å². The zero-order valence-electron chi connectivity index (χ0n) is 6.59. The highest BCUT2D eigenvalue weighted by atomic mass is 13.8. The highest BCUT2D eigenvalue weighted by molar-refractivity contribution is 5.07. The second-order valence-corrected chi connectivity index (χ2v) is 2.15. The summed E-state index contributed by atoms with van der Waals surface area (Å²) in [6, 6.07) is 0. The van der Waals surface area contributed by atoms with Crippen molar-refractivity contribution in [1.29, 1.82) is 0 Å². The van der Waals surface area contributed by atoms with E-state index < -0.39 is 0 Å². The zero-order valence-corrected chi connectivity index (χ0v) is 6.59. The summed E-state index contributed by atoms with van der Waals surface area (Å²) in [7, 11) is 0. The molecule has 0 aromatic heterocycles. The van der Waals surface area contributed by atoms with Crippen LogP contribution in [0.2, 0.25) is 0 Å². The van der Waals surface area contributed by atoms with Gasteiger partial charge in [0.1, 0.15) is 0 Å². The van der Waals surface area contributed by atoms with Gasteiger partial charge in [0.25, 0.3) is 0 Å². The van der Waals surface area contributed by atoms with Crippen molar-refractivity contribution >= 4 is 0 Å². The van der Waals surface area contributed by atoms with Crippen LogP contribution in [0.1, 0.15) is 26.2 Å². The lowest BCUT2D eigenvalue weighted by Crippen LogP contribution is -1.64. The molecule has 0 N–H and O–H groups in total. The first-order valence-corrected chi connectivity index (χ1v) is 3.78. The summed E-state index contributed by atoms with van der Waals surface area (Å²) < 4.78 is 0. The van der Waals surface area contributed by atoms with E-state index in [1.54, 1.807) is 0 Å². The van der Waals surface area contributed by atoms with Crippen molar-refractivity contribution in [2.75, 3.05) is 0 Å². The molecule has 0 amide bonds. The Morgan fingerprint density at radius 2 is 2.00 bits per heavy atom. The van der Waals surface area contributed by atoms with Crippen LogP contribution < -0.4 is 0 Å². The Kier molecular flexibility index (Phi) is 7.58. The van der Waals surface area contributed by atoms with E-state index in [0.717, 1.165) is 0 Å². The molecule has 0 aromatic rings. The molecule has 0 rings (SSSR count). The molecule has 1 radical (unpaired) electrons. The summed E-state index contributed by atoms with van der Waals surface area (Å²) in [5.41, 5.74) is 0. The SMILES string of the molecule is [CH]=CC=CC=CCCCC. The van der Waals surface area contributed by atoms with E-state index in [-0.39, 0.29) is 0 Å². The largest absolute Gasteiger partial charge is 0.0845 e. The molecule has 0 heteroatoms. The third kappa shape index (κ3) is 7.22. The van der Waals surface area contributed by atoms with Crippen LogP contribution in [0.4, 0.5) is 0 Å². The maximum absolute atomic E-state index is 5.12. The summed E-state index contributed by atoms with van der Waals surface area (Å²) in [6.07, 6.45) is 13.2. The predicted octanol–water partition coefficient (Wildman–Crippen LogP) is 3.28. The van der Waals surface area contributed by atoms with E-state index >= 15 is 0 Å². The Morgan fingerprint density at radius 1 is 1.20 bits per heavy atom. The van der Waals surface area contributed by atoms with E-state index in [0.29, 0.717) is 0 Å². The van der Waals surface area contributed by atoms with Crippen molar-refractivity contribution in [1.82, 2.24) is 0 Å². The van der Waals surface area contributed by atoms with Crippen molar-refractivity contribution in [3.05, 3.63) is 37.0 Å². The fourth-order valence-corrected chi connectivity index (χ4v) is 0.625. The predicted molar refractivity (Wildman–Crippen MR) is 46.7 cm³/mol. The van der Waals surface area contributed by atoms with Crippen LogP contribution in [-0.4, -0.2) is 0 Å². The van der Waals surface area contributed by atoms with E-state index in [9.17, 15) is 0 Å². The van der Waals surface area contributed by atoms with Crippen LogP contribution in [0.25, 0.3) is 0 Å². The van der Waals surface area contributed by atoms with Crippen molar-refractivity contribution in [2.45, 2.75) is 26.2 Å². The van der Waals surface area contributed by atoms with Gasteiger partial charge < -0.3 is 0 Å². The van der Waals surface area contributed by atoms with Crippen molar-refractivity contribution < 1.29 is 0 Å². The molecule has 0 spiro atoms. The first kappa shape index (κ1) is 9.22. The number of hydrogen-bond donors (Lipinski definition) is 0. The second-order valence-electron chi connectivity index (χ2n) is 2.15. The third-order valence-electron chi connectivity index (χ3n) is 1.19. The van der Waals surface area contributed by atoms with Gasteiger partial charge in [-0.25, -0.2) is 0 Å². The molecule has 0 fully saturated rings. The normalized spacial score (nSPS) is 11.3. The Labute approximate surface area is 64.0 Å². The van der Waals surface area contributed by atoms with Crippen LogP contribution in [0.15, 0.2) is 30.4 Å². The number of unbranched alkanes of at least 4 members (excludes halogenated alkanes) is 2. The van der Waals surface area contributed by atoms with Crippen LogP contribution >= 0.6 is 0 Å². The van der Waals surface area contributed by atoms with E-state index in [1.165, 1.54) is 25.3 Å². The van der Waals surface area contributed by atoms with Gasteiger partial charge in [-0.1, -0.05) is 56.7 Å². The quantitative estimate of drug-likeness (QED) is 0.401. The third-order valence-corrected chi connectivity index (χ3v) is 1.19. The van der Waals surface area contributed by atoms with Gasteiger partial charge in [0.2, 0.25) is 0 Å². The highest BCUT2D eigenvalue weighted by Gasteiger charge is 1.74. The van der Waals surface area contributed by atoms with Gasteiger partial charge in [0.05, 0.1) is 0 Å². The minimum Gasteiger partial charge on any atom is -0.0845 e. The van der Waals surface area contributed by atoms with Crippen molar-refractivity contribution in [3.8, 4) is 0 Å². The van der Waals surface area contributed by atoms with Crippen LogP contribution in [0.3, 0.4) is 0 Å². The fraction of sp³-hybridized carbons (Fsp3) is 0.400. The van der Waals surface area contributed by atoms with Crippen molar-refractivity contribution in [2.24, 2.45) is 0 Å². The van der Waals surface area contributed by atoms with Gasteiger partial charge in [-0.3, -0.25) is 0 Å². The van der Waals surface area contributed by atoms with Gasteiger partial charge in [-0.15, -0.1) is 0 Å².